The maximum Gasteiger partial charge on any atom is 1.00 e. The molecule has 0 bridgehead atoms. The predicted octanol–water partition coefficient (Wildman–Crippen LogP) is -2.28. The van der Waals surface area contributed by atoms with Gasteiger partial charge in [-0.05, 0) is 12.5 Å². The van der Waals surface area contributed by atoms with Crippen molar-refractivity contribution in [3.63, 3.8) is 0 Å². The molecule has 5 heteroatoms. The van der Waals surface area contributed by atoms with Crippen molar-refractivity contribution in [2.24, 2.45) is 0 Å². The van der Waals surface area contributed by atoms with Gasteiger partial charge >= 0.3 is 29.6 Å². The number of aromatic amines is 1. The van der Waals surface area contributed by atoms with Crippen LogP contribution in [0.4, 0.5) is 0 Å². The van der Waals surface area contributed by atoms with E-state index in [1.807, 2.05) is 6.07 Å². The maximum absolute atomic E-state index is 12.0. The van der Waals surface area contributed by atoms with E-state index < -0.39 is 11.4 Å². The summed E-state index contributed by atoms with van der Waals surface area (Å²) in [5.41, 5.74) is 0.815. The number of pyridine rings is 1. The zero-order chi connectivity index (χ0) is 12.4. The fourth-order valence-corrected chi connectivity index (χ4v) is 1.73. The Balaban J connectivity index is 0.00000162. The van der Waals surface area contributed by atoms with E-state index in [9.17, 15) is 14.7 Å². The second-order valence-electron chi connectivity index (χ2n) is 3.68. The Labute approximate surface area is 126 Å². The van der Waals surface area contributed by atoms with Gasteiger partial charge in [0.05, 0.1) is 11.5 Å². The van der Waals surface area contributed by atoms with Crippen LogP contribution in [0.2, 0.25) is 0 Å². The molecule has 86 valence electrons. The van der Waals surface area contributed by atoms with E-state index in [2.05, 4.69) is 4.98 Å². The van der Waals surface area contributed by atoms with Crippen LogP contribution in [0, 0.1) is 6.92 Å². The van der Waals surface area contributed by atoms with E-state index in [1.54, 1.807) is 31.2 Å². The summed E-state index contributed by atoms with van der Waals surface area (Å²) >= 11 is 0. The number of aryl methyl sites for hydroxylation is 1. The first-order chi connectivity index (χ1) is 8.11. The van der Waals surface area contributed by atoms with Gasteiger partial charge in [0, 0.05) is 17.5 Å². The number of carboxylic acid groups (broad SMARTS) is 1. The summed E-state index contributed by atoms with van der Waals surface area (Å²) in [4.78, 5) is 25.5. The van der Waals surface area contributed by atoms with E-state index >= 15 is 0 Å². The number of benzene rings is 1. The molecule has 0 atom stereocenters. The Morgan fingerprint density at radius 2 is 1.83 bits per heavy atom. The van der Waals surface area contributed by atoms with Gasteiger partial charge in [-0.15, -0.1) is 0 Å². The number of hydrogen-bond donors (Lipinski definition) is 1. The summed E-state index contributed by atoms with van der Waals surface area (Å²) in [7, 11) is 0. The number of carbonyl (C=O) groups excluding carboxylic acids is 1. The molecule has 0 fully saturated rings. The molecule has 1 heterocycles. The minimum Gasteiger partial charge on any atom is -0.545 e. The van der Waals surface area contributed by atoms with Crippen LogP contribution in [-0.4, -0.2) is 11.0 Å². The van der Waals surface area contributed by atoms with Crippen molar-refractivity contribution in [2.75, 3.05) is 0 Å². The van der Waals surface area contributed by atoms with Gasteiger partial charge in [0.15, 0.2) is 5.43 Å². The van der Waals surface area contributed by atoms with Gasteiger partial charge in [-0.25, -0.2) is 0 Å². The standard InChI is InChI=1S/C13H11NO3.Na/c1-8-11(9-5-3-2-4-6-9)12(15)10(7-14-8)13(16)17;/h2-7H,1H3,(H,14,15)(H,16,17);/q;+1/p-1. The van der Waals surface area contributed by atoms with Gasteiger partial charge < -0.3 is 14.9 Å². The minimum atomic E-state index is -1.47. The SMILES string of the molecule is Cc1[nH]cc(C(=O)[O-])c(=O)c1-c1ccccc1.[Na+]. The number of aromatic nitrogens is 1. The molecule has 2 rings (SSSR count). The third kappa shape index (κ3) is 2.72. The minimum absolute atomic E-state index is 0. The van der Waals surface area contributed by atoms with Crippen molar-refractivity contribution in [1.29, 1.82) is 0 Å². The zero-order valence-electron chi connectivity index (χ0n) is 10.2. The first kappa shape index (κ1) is 14.7. The van der Waals surface area contributed by atoms with Crippen molar-refractivity contribution >= 4 is 5.97 Å². The van der Waals surface area contributed by atoms with Gasteiger partial charge in [0.1, 0.15) is 0 Å². The molecule has 18 heavy (non-hydrogen) atoms. The summed E-state index contributed by atoms with van der Waals surface area (Å²) in [6, 6.07) is 8.93. The molecule has 0 amide bonds. The van der Waals surface area contributed by atoms with Crippen LogP contribution in [-0.2, 0) is 0 Å². The molecule has 0 saturated heterocycles. The quantitative estimate of drug-likeness (QED) is 0.611. The predicted molar refractivity (Wildman–Crippen MR) is 61.6 cm³/mol. The summed E-state index contributed by atoms with van der Waals surface area (Å²) in [6.45, 7) is 1.72. The van der Waals surface area contributed by atoms with Gasteiger partial charge in [-0.2, -0.15) is 0 Å². The largest absolute Gasteiger partial charge is 1.00 e. The third-order valence-corrected chi connectivity index (χ3v) is 2.56. The van der Waals surface area contributed by atoms with Crippen molar-refractivity contribution in [3.05, 3.63) is 58.0 Å². The molecule has 0 aliphatic heterocycles. The monoisotopic (exact) mass is 251 g/mol. The Morgan fingerprint density at radius 3 is 2.39 bits per heavy atom. The van der Waals surface area contributed by atoms with Crippen molar-refractivity contribution in [2.45, 2.75) is 6.92 Å². The van der Waals surface area contributed by atoms with Gasteiger partial charge in [-0.1, -0.05) is 30.3 Å². The molecule has 0 saturated carbocycles. The van der Waals surface area contributed by atoms with E-state index in [0.29, 0.717) is 16.8 Å². The van der Waals surface area contributed by atoms with Crippen LogP contribution >= 0.6 is 0 Å². The van der Waals surface area contributed by atoms with Gasteiger partial charge in [0.2, 0.25) is 0 Å². The molecule has 1 N–H and O–H groups in total. The van der Waals surface area contributed by atoms with Crippen LogP contribution in [0.25, 0.3) is 11.1 Å². The Kier molecular flexibility index (Phi) is 4.90. The second kappa shape index (κ2) is 6.00. The van der Waals surface area contributed by atoms with Gasteiger partial charge in [-0.3, -0.25) is 4.79 Å². The molecule has 0 unspecified atom stereocenters. The second-order valence-corrected chi connectivity index (χ2v) is 3.68. The molecule has 0 aliphatic rings. The normalized spacial score (nSPS) is 9.61. The average Bonchev–Trinajstić information content (AvgIpc) is 2.30. The van der Waals surface area contributed by atoms with Crippen molar-refractivity contribution in [3.8, 4) is 11.1 Å². The molecule has 0 spiro atoms. The summed E-state index contributed by atoms with van der Waals surface area (Å²) in [5.74, 6) is -1.47. The number of hydrogen-bond acceptors (Lipinski definition) is 3. The molecular weight excluding hydrogens is 241 g/mol. The van der Waals surface area contributed by atoms with Crippen molar-refractivity contribution < 1.29 is 39.5 Å². The molecular formula is C13H10NNaO3. The smallest absolute Gasteiger partial charge is 0.545 e. The van der Waals surface area contributed by atoms with E-state index in [-0.39, 0.29) is 35.1 Å². The summed E-state index contributed by atoms with van der Waals surface area (Å²) < 4.78 is 0. The zero-order valence-corrected chi connectivity index (χ0v) is 12.2. The fourth-order valence-electron chi connectivity index (χ4n) is 1.73. The number of nitrogens with one attached hydrogen (secondary N) is 1. The Hall–Kier alpha value is -1.36. The molecule has 1 aromatic carbocycles. The molecule has 0 aliphatic carbocycles. The first-order valence-electron chi connectivity index (χ1n) is 5.10. The van der Waals surface area contributed by atoms with Crippen LogP contribution in [0.15, 0.2) is 41.3 Å². The number of H-pyrrole nitrogens is 1. The summed E-state index contributed by atoms with van der Waals surface area (Å²) in [5, 5.41) is 10.8. The van der Waals surface area contributed by atoms with Crippen LogP contribution in [0.3, 0.4) is 0 Å². The molecule has 2 aromatic rings. The molecule has 1 aromatic heterocycles. The number of carboxylic acids is 1. The first-order valence-corrected chi connectivity index (χ1v) is 5.10. The van der Waals surface area contributed by atoms with Crippen LogP contribution in [0.5, 0.6) is 0 Å². The molecule has 0 radical (unpaired) electrons. The molecule has 4 nitrogen and oxygen atoms in total. The van der Waals surface area contributed by atoms with E-state index in [0.717, 1.165) is 0 Å². The number of carbonyl (C=O) groups is 1. The maximum atomic E-state index is 12.0. The average molecular weight is 251 g/mol. The van der Waals surface area contributed by atoms with Gasteiger partial charge in [0.25, 0.3) is 0 Å². The third-order valence-electron chi connectivity index (χ3n) is 2.56. The Bertz CT molecular complexity index is 620. The number of aromatic carboxylic acids is 1. The van der Waals surface area contributed by atoms with Crippen LogP contribution < -0.4 is 40.1 Å². The topological polar surface area (TPSA) is 73.0 Å². The van der Waals surface area contributed by atoms with E-state index in [4.69, 9.17) is 0 Å². The Morgan fingerprint density at radius 1 is 1.22 bits per heavy atom. The number of rotatable bonds is 2. The van der Waals surface area contributed by atoms with E-state index in [1.165, 1.54) is 6.20 Å². The fraction of sp³-hybridized carbons (Fsp3) is 0.0769. The van der Waals surface area contributed by atoms with Crippen LogP contribution in [0.1, 0.15) is 16.1 Å². The summed E-state index contributed by atoms with van der Waals surface area (Å²) in [6.07, 6.45) is 1.17. The van der Waals surface area contributed by atoms with Crippen molar-refractivity contribution in [1.82, 2.24) is 4.98 Å².